The van der Waals surface area contributed by atoms with Gasteiger partial charge in [-0.1, -0.05) is 19.1 Å². The van der Waals surface area contributed by atoms with E-state index in [0.29, 0.717) is 22.4 Å². The summed E-state index contributed by atoms with van der Waals surface area (Å²) in [5, 5.41) is 16.7. The van der Waals surface area contributed by atoms with E-state index >= 15 is 0 Å². The van der Waals surface area contributed by atoms with E-state index in [4.69, 9.17) is 0 Å². The molecule has 0 aliphatic carbocycles. The van der Waals surface area contributed by atoms with Gasteiger partial charge in [0.25, 0.3) is 11.8 Å². The van der Waals surface area contributed by atoms with Crippen LogP contribution in [0.1, 0.15) is 39.6 Å². The highest BCUT2D eigenvalue weighted by Crippen LogP contribution is 2.06. The van der Waals surface area contributed by atoms with Gasteiger partial charge in [-0.25, -0.2) is 0 Å². The van der Waals surface area contributed by atoms with Crippen LogP contribution in [0, 0.1) is 5.21 Å². The molecule has 0 aliphatic heterocycles. The minimum absolute atomic E-state index is 0.129. The third-order valence-corrected chi connectivity index (χ3v) is 3.22. The highest BCUT2D eigenvalue weighted by atomic mass is 16.5. The number of carbonyl (C=O) groups excluding carboxylic acids is 2. The summed E-state index contributed by atoms with van der Waals surface area (Å²) in [7, 11) is 0. The van der Waals surface area contributed by atoms with Gasteiger partial charge in [0.15, 0.2) is 12.4 Å². The first-order valence-corrected chi connectivity index (χ1v) is 7.44. The van der Waals surface area contributed by atoms with Crippen LogP contribution in [-0.2, 0) is 6.54 Å². The Bertz CT molecular complexity index is 701. The second-order valence-electron chi connectivity index (χ2n) is 5.09. The zero-order valence-corrected chi connectivity index (χ0v) is 12.9. The summed E-state index contributed by atoms with van der Waals surface area (Å²) in [5.74, 6) is -0.466. The molecule has 1 aromatic carbocycles. The van der Waals surface area contributed by atoms with E-state index in [-0.39, 0.29) is 18.4 Å². The van der Waals surface area contributed by atoms with E-state index in [0.717, 1.165) is 12.0 Å². The SMILES string of the molecule is CCCNC(=O)c1cccc(CNC(=O)c2ccc[n+]([O-])c2)c1. The van der Waals surface area contributed by atoms with Gasteiger partial charge in [-0.3, -0.25) is 9.59 Å². The second-order valence-corrected chi connectivity index (χ2v) is 5.09. The Balaban J connectivity index is 1.98. The Morgan fingerprint density at radius 1 is 1.09 bits per heavy atom. The van der Waals surface area contributed by atoms with Crippen molar-refractivity contribution in [3.8, 4) is 0 Å². The maximum atomic E-state index is 12.0. The minimum Gasteiger partial charge on any atom is -0.619 e. The third-order valence-electron chi connectivity index (χ3n) is 3.22. The summed E-state index contributed by atoms with van der Waals surface area (Å²) in [5.41, 5.74) is 1.66. The Morgan fingerprint density at radius 2 is 1.83 bits per heavy atom. The second kappa shape index (κ2) is 7.93. The van der Waals surface area contributed by atoms with Crippen LogP contribution in [-0.4, -0.2) is 18.4 Å². The number of pyridine rings is 1. The van der Waals surface area contributed by atoms with E-state index < -0.39 is 0 Å². The summed E-state index contributed by atoms with van der Waals surface area (Å²) in [6.07, 6.45) is 3.40. The fraction of sp³-hybridized carbons (Fsp3) is 0.235. The zero-order chi connectivity index (χ0) is 16.7. The van der Waals surface area contributed by atoms with Crippen LogP contribution < -0.4 is 15.4 Å². The number of benzene rings is 1. The summed E-state index contributed by atoms with van der Waals surface area (Å²) >= 11 is 0. The Morgan fingerprint density at radius 3 is 2.57 bits per heavy atom. The summed E-state index contributed by atoms with van der Waals surface area (Å²) in [6, 6.07) is 10.2. The predicted octanol–water partition coefficient (Wildman–Crippen LogP) is 1.39. The molecule has 23 heavy (non-hydrogen) atoms. The van der Waals surface area contributed by atoms with Gasteiger partial charge in [-0.2, -0.15) is 4.73 Å². The normalized spacial score (nSPS) is 10.1. The van der Waals surface area contributed by atoms with E-state index in [1.54, 1.807) is 24.3 Å². The Hall–Kier alpha value is -2.89. The van der Waals surface area contributed by atoms with Crippen LogP contribution in [0.25, 0.3) is 0 Å². The van der Waals surface area contributed by atoms with Crippen molar-refractivity contribution in [1.82, 2.24) is 10.6 Å². The summed E-state index contributed by atoms with van der Waals surface area (Å²) < 4.78 is 0.577. The molecule has 0 fully saturated rings. The predicted molar refractivity (Wildman–Crippen MR) is 85.6 cm³/mol. The first-order valence-electron chi connectivity index (χ1n) is 7.44. The lowest BCUT2D eigenvalue weighted by Gasteiger charge is -2.08. The van der Waals surface area contributed by atoms with Crippen LogP contribution in [0.4, 0.5) is 0 Å². The maximum absolute atomic E-state index is 12.0. The van der Waals surface area contributed by atoms with Gasteiger partial charge in [-0.15, -0.1) is 0 Å². The van der Waals surface area contributed by atoms with Crippen LogP contribution in [0.15, 0.2) is 48.8 Å². The highest BCUT2D eigenvalue weighted by molar-refractivity contribution is 5.95. The molecular weight excluding hydrogens is 294 g/mol. The molecule has 2 rings (SSSR count). The van der Waals surface area contributed by atoms with Crippen molar-refractivity contribution in [1.29, 1.82) is 0 Å². The van der Waals surface area contributed by atoms with Crippen molar-refractivity contribution in [2.75, 3.05) is 6.54 Å². The average molecular weight is 313 g/mol. The van der Waals surface area contributed by atoms with Crippen molar-refractivity contribution in [2.45, 2.75) is 19.9 Å². The number of rotatable bonds is 6. The highest BCUT2D eigenvalue weighted by Gasteiger charge is 2.09. The molecular formula is C17H19N3O3. The van der Waals surface area contributed by atoms with Crippen molar-refractivity contribution >= 4 is 11.8 Å². The largest absolute Gasteiger partial charge is 0.619 e. The van der Waals surface area contributed by atoms with Crippen LogP contribution in [0.3, 0.4) is 0 Å². The Labute approximate surface area is 134 Å². The smallest absolute Gasteiger partial charge is 0.257 e. The molecule has 0 saturated heterocycles. The van der Waals surface area contributed by atoms with Crippen LogP contribution >= 0.6 is 0 Å². The number of nitrogens with zero attached hydrogens (tertiary/aromatic N) is 1. The minimum atomic E-state index is -0.337. The molecule has 6 nitrogen and oxygen atoms in total. The Kier molecular flexibility index (Phi) is 5.68. The number of nitrogens with one attached hydrogen (secondary N) is 2. The van der Waals surface area contributed by atoms with Gasteiger partial charge in [0.05, 0.1) is 0 Å². The standard InChI is InChI=1S/C17H19N3O3/c1-2-8-18-16(21)14-6-3-5-13(10-14)11-19-17(22)15-7-4-9-20(23)12-15/h3-7,9-10,12H,2,8,11H2,1H3,(H,18,21)(H,19,22). The molecule has 0 bridgehead atoms. The van der Waals surface area contributed by atoms with Gasteiger partial charge in [0.1, 0.15) is 5.56 Å². The van der Waals surface area contributed by atoms with E-state index in [9.17, 15) is 14.8 Å². The fourth-order valence-corrected chi connectivity index (χ4v) is 2.04. The molecule has 1 aromatic heterocycles. The molecule has 2 N–H and O–H groups in total. The number of amides is 2. The van der Waals surface area contributed by atoms with Crippen molar-refractivity contribution in [3.05, 3.63) is 70.7 Å². The maximum Gasteiger partial charge on any atom is 0.257 e. The van der Waals surface area contributed by atoms with Crippen LogP contribution in [0.2, 0.25) is 0 Å². The molecule has 2 aromatic rings. The van der Waals surface area contributed by atoms with Gasteiger partial charge < -0.3 is 15.8 Å². The molecule has 0 unspecified atom stereocenters. The fourth-order valence-electron chi connectivity index (χ4n) is 2.04. The quantitative estimate of drug-likeness (QED) is 0.624. The van der Waals surface area contributed by atoms with Gasteiger partial charge in [0, 0.05) is 24.7 Å². The van der Waals surface area contributed by atoms with E-state index in [2.05, 4.69) is 10.6 Å². The first kappa shape index (κ1) is 16.5. The third kappa shape index (κ3) is 4.81. The molecule has 0 atom stereocenters. The lowest BCUT2D eigenvalue weighted by molar-refractivity contribution is -0.605. The molecule has 120 valence electrons. The monoisotopic (exact) mass is 313 g/mol. The van der Waals surface area contributed by atoms with Crippen molar-refractivity contribution in [3.63, 3.8) is 0 Å². The van der Waals surface area contributed by atoms with E-state index in [1.807, 2.05) is 13.0 Å². The molecule has 2 amide bonds. The number of hydrogen-bond acceptors (Lipinski definition) is 3. The average Bonchev–Trinajstić information content (AvgIpc) is 2.57. The first-order chi connectivity index (χ1) is 11.1. The molecule has 6 heteroatoms. The van der Waals surface area contributed by atoms with Gasteiger partial charge in [0.2, 0.25) is 0 Å². The number of carbonyl (C=O) groups is 2. The topological polar surface area (TPSA) is 85.1 Å². The molecule has 1 heterocycles. The lowest BCUT2D eigenvalue weighted by atomic mass is 10.1. The van der Waals surface area contributed by atoms with Crippen molar-refractivity contribution in [2.24, 2.45) is 0 Å². The number of aromatic nitrogens is 1. The molecule has 0 spiro atoms. The lowest BCUT2D eigenvalue weighted by Crippen LogP contribution is -2.29. The summed E-state index contributed by atoms with van der Waals surface area (Å²) in [4.78, 5) is 23.9. The molecule has 0 aliphatic rings. The zero-order valence-electron chi connectivity index (χ0n) is 12.9. The van der Waals surface area contributed by atoms with E-state index in [1.165, 1.54) is 18.5 Å². The molecule has 0 saturated carbocycles. The van der Waals surface area contributed by atoms with Gasteiger partial charge in [-0.05, 0) is 30.2 Å². The van der Waals surface area contributed by atoms with Crippen LogP contribution in [0.5, 0.6) is 0 Å². The molecule has 0 radical (unpaired) electrons. The summed E-state index contributed by atoms with van der Waals surface area (Å²) in [6.45, 7) is 2.89. The van der Waals surface area contributed by atoms with Crippen molar-refractivity contribution < 1.29 is 14.3 Å². The number of hydrogen-bond donors (Lipinski definition) is 2. The van der Waals surface area contributed by atoms with Gasteiger partial charge >= 0.3 is 0 Å².